The standard InChI is InChI=1S/C29H39N5O4/c1-29(2,3)38-28(35)34-17-22(18-34)32-10-7-20(8-11-32)21-4-5-24-26(16-21)37-19-23-25(6-9-30-27(23)31-24)33-12-14-36-15-13-33/h4-6,9,16,20,22H,7-8,10-15,17-19H2,1-3H3,(H,30,31). The minimum absolute atomic E-state index is 0.198. The summed E-state index contributed by atoms with van der Waals surface area (Å²) in [5.41, 5.74) is 4.13. The van der Waals surface area contributed by atoms with E-state index in [9.17, 15) is 4.79 Å². The Labute approximate surface area is 225 Å². The molecule has 5 heterocycles. The van der Waals surface area contributed by atoms with E-state index in [-0.39, 0.29) is 6.09 Å². The number of hydrogen-bond acceptors (Lipinski definition) is 8. The first-order valence-electron chi connectivity index (χ1n) is 13.9. The van der Waals surface area contributed by atoms with Crippen molar-refractivity contribution in [2.45, 2.75) is 57.8 Å². The van der Waals surface area contributed by atoms with Crippen molar-refractivity contribution >= 4 is 23.3 Å². The summed E-state index contributed by atoms with van der Waals surface area (Å²) in [5.74, 6) is 2.27. The van der Waals surface area contributed by atoms with Gasteiger partial charge >= 0.3 is 6.09 Å². The summed E-state index contributed by atoms with van der Waals surface area (Å²) in [5, 5.41) is 3.53. The highest BCUT2D eigenvalue weighted by Gasteiger charge is 2.38. The maximum atomic E-state index is 12.3. The molecule has 0 bridgehead atoms. The number of rotatable bonds is 3. The number of fused-ring (bicyclic) bond motifs is 2. The number of morpholine rings is 1. The van der Waals surface area contributed by atoms with Gasteiger partial charge in [-0.05, 0) is 76.4 Å². The van der Waals surface area contributed by atoms with Crippen molar-refractivity contribution in [3.8, 4) is 5.75 Å². The highest BCUT2D eigenvalue weighted by Crippen LogP contribution is 2.40. The lowest BCUT2D eigenvalue weighted by Gasteiger charge is -2.47. The quantitative estimate of drug-likeness (QED) is 0.639. The Hall–Kier alpha value is -3.04. The van der Waals surface area contributed by atoms with Crippen LogP contribution >= 0.6 is 0 Å². The lowest BCUT2D eigenvalue weighted by Crippen LogP contribution is -2.62. The number of nitrogens with zero attached hydrogens (tertiary/aromatic N) is 4. The Morgan fingerprint density at radius 1 is 1.08 bits per heavy atom. The van der Waals surface area contributed by atoms with E-state index in [4.69, 9.17) is 14.2 Å². The molecule has 9 heteroatoms. The van der Waals surface area contributed by atoms with Crippen LogP contribution in [0.5, 0.6) is 5.75 Å². The van der Waals surface area contributed by atoms with Crippen LogP contribution in [0.1, 0.15) is 50.7 Å². The first kappa shape index (κ1) is 25.2. The van der Waals surface area contributed by atoms with Gasteiger partial charge in [0.25, 0.3) is 0 Å². The van der Waals surface area contributed by atoms with Crippen molar-refractivity contribution in [1.29, 1.82) is 0 Å². The van der Waals surface area contributed by atoms with E-state index in [0.717, 1.165) is 88.1 Å². The largest absolute Gasteiger partial charge is 0.486 e. The summed E-state index contributed by atoms with van der Waals surface area (Å²) in [6.07, 6.45) is 3.89. The molecule has 1 amide bonds. The predicted octanol–water partition coefficient (Wildman–Crippen LogP) is 4.35. The molecule has 1 aromatic carbocycles. The molecule has 0 unspecified atom stereocenters. The number of ether oxygens (including phenoxy) is 3. The van der Waals surface area contributed by atoms with E-state index < -0.39 is 5.60 Å². The molecule has 0 saturated carbocycles. The number of amides is 1. The summed E-state index contributed by atoms with van der Waals surface area (Å²) < 4.78 is 17.4. The third-order valence-electron chi connectivity index (χ3n) is 8.04. The molecule has 3 fully saturated rings. The Kier molecular flexibility index (Phi) is 6.82. The van der Waals surface area contributed by atoms with Crippen molar-refractivity contribution in [2.75, 3.05) is 62.7 Å². The van der Waals surface area contributed by atoms with Gasteiger partial charge in [-0.15, -0.1) is 0 Å². The summed E-state index contributed by atoms with van der Waals surface area (Å²) in [6.45, 7) is 13.1. The second-order valence-corrected chi connectivity index (χ2v) is 11.8. The van der Waals surface area contributed by atoms with Crippen molar-refractivity contribution in [2.24, 2.45) is 0 Å². The van der Waals surface area contributed by atoms with Crippen LogP contribution in [0, 0.1) is 0 Å². The summed E-state index contributed by atoms with van der Waals surface area (Å²) in [6, 6.07) is 9.12. The van der Waals surface area contributed by atoms with E-state index >= 15 is 0 Å². The molecule has 4 aliphatic rings. The third kappa shape index (κ3) is 5.27. The zero-order chi connectivity index (χ0) is 26.3. The molecule has 2 aromatic rings. The smallest absolute Gasteiger partial charge is 0.410 e. The monoisotopic (exact) mass is 521 g/mol. The van der Waals surface area contributed by atoms with Gasteiger partial charge in [0.2, 0.25) is 0 Å². The molecule has 0 aliphatic carbocycles. The van der Waals surface area contributed by atoms with E-state index in [0.29, 0.717) is 18.6 Å². The minimum atomic E-state index is -0.446. The molecule has 38 heavy (non-hydrogen) atoms. The topological polar surface area (TPSA) is 79.4 Å². The molecule has 3 saturated heterocycles. The Morgan fingerprint density at radius 3 is 2.58 bits per heavy atom. The molecular formula is C29H39N5O4. The van der Waals surface area contributed by atoms with Gasteiger partial charge in [-0.1, -0.05) is 6.07 Å². The van der Waals surface area contributed by atoms with Gasteiger partial charge in [-0.25, -0.2) is 9.78 Å². The molecule has 0 atom stereocenters. The highest BCUT2D eigenvalue weighted by molar-refractivity contribution is 5.73. The van der Waals surface area contributed by atoms with Crippen molar-refractivity contribution in [1.82, 2.24) is 14.8 Å². The molecule has 204 valence electrons. The van der Waals surface area contributed by atoms with E-state index in [1.807, 2.05) is 31.9 Å². The first-order chi connectivity index (χ1) is 18.3. The van der Waals surface area contributed by atoms with Crippen molar-refractivity contribution in [3.05, 3.63) is 41.6 Å². The number of pyridine rings is 1. The number of benzene rings is 1. The lowest BCUT2D eigenvalue weighted by molar-refractivity contribution is -0.0196. The molecule has 0 spiro atoms. The normalized spacial score (nSPS) is 20.9. The lowest BCUT2D eigenvalue weighted by atomic mass is 9.88. The Balaban J connectivity index is 1.06. The highest BCUT2D eigenvalue weighted by atomic mass is 16.6. The van der Waals surface area contributed by atoms with Crippen LogP contribution in [0.3, 0.4) is 0 Å². The maximum Gasteiger partial charge on any atom is 0.410 e. The average molecular weight is 522 g/mol. The number of hydrogen-bond donors (Lipinski definition) is 1. The van der Waals surface area contributed by atoms with E-state index in [2.05, 4.69) is 44.4 Å². The predicted molar refractivity (Wildman–Crippen MR) is 146 cm³/mol. The molecule has 1 N–H and O–H groups in total. The van der Waals surface area contributed by atoms with Gasteiger partial charge in [0.15, 0.2) is 0 Å². The van der Waals surface area contributed by atoms with E-state index in [1.54, 1.807) is 0 Å². The maximum absolute atomic E-state index is 12.3. The molecular weight excluding hydrogens is 482 g/mol. The number of likely N-dealkylation sites (tertiary alicyclic amines) is 2. The number of nitrogens with one attached hydrogen (secondary N) is 1. The molecule has 9 nitrogen and oxygen atoms in total. The van der Waals surface area contributed by atoms with Crippen LogP contribution in [0.15, 0.2) is 30.5 Å². The molecule has 0 radical (unpaired) electrons. The SMILES string of the molecule is CC(C)(C)OC(=O)N1CC(N2CCC(c3ccc4c(c3)OCc3c(N5CCOCC5)ccnc3N4)CC2)C1. The summed E-state index contributed by atoms with van der Waals surface area (Å²) in [4.78, 5) is 23.6. The van der Waals surface area contributed by atoms with Gasteiger partial charge in [-0.3, -0.25) is 4.90 Å². The zero-order valence-corrected chi connectivity index (χ0v) is 22.7. The Morgan fingerprint density at radius 2 is 1.84 bits per heavy atom. The van der Waals surface area contributed by atoms with Crippen LogP contribution in [-0.4, -0.2) is 85.0 Å². The number of piperidine rings is 1. The van der Waals surface area contributed by atoms with Crippen LogP contribution in [0.2, 0.25) is 0 Å². The Bertz CT molecular complexity index is 1160. The van der Waals surface area contributed by atoms with Gasteiger partial charge in [0.1, 0.15) is 23.8 Å². The van der Waals surface area contributed by atoms with Crippen LogP contribution in [-0.2, 0) is 16.1 Å². The van der Waals surface area contributed by atoms with Gasteiger partial charge in [-0.2, -0.15) is 0 Å². The number of aromatic nitrogens is 1. The molecule has 4 aliphatic heterocycles. The fraction of sp³-hybridized carbons (Fsp3) is 0.586. The minimum Gasteiger partial charge on any atom is -0.486 e. The van der Waals surface area contributed by atoms with Crippen LogP contribution in [0.25, 0.3) is 0 Å². The van der Waals surface area contributed by atoms with Crippen molar-refractivity contribution in [3.63, 3.8) is 0 Å². The first-order valence-corrected chi connectivity index (χ1v) is 13.9. The van der Waals surface area contributed by atoms with Crippen LogP contribution in [0.4, 0.5) is 22.0 Å². The second-order valence-electron chi connectivity index (χ2n) is 11.8. The third-order valence-corrected chi connectivity index (χ3v) is 8.04. The number of carbonyl (C=O) groups excluding carboxylic acids is 1. The second kappa shape index (κ2) is 10.3. The number of anilines is 3. The van der Waals surface area contributed by atoms with Gasteiger partial charge < -0.3 is 29.3 Å². The van der Waals surface area contributed by atoms with Gasteiger partial charge in [0.05, 0.1) is 24.5 Å². The molecule has 1 aromatic heterocycles. The number of carbonyl (C=O) groups is 1. The average Bonchev–Trinajstić information content (AvgIpc) is 3.06. The van der Waals surface area contributed by atoms with Crippen LogP contribution < -0.4 is 15.0 Å². The fourth-order valence-corrected chi connectivity index (χ4v) is 5.89. The summed E-state index contributed by atoms with van der Waals surface area (Å²) >= 11 is 0. The zero-order valence-electron chi connectivity index (χ0n) is 22.7. The van der Waals surface area contributed by atoms with Crippen molar-refractivity contribution < 1.29 is 19.0 Å². The summed E-state index contributed by atoms with van der Waals surface area (Å²) in [7, 11) is 0. The fourth-order valence-electron chi connectivity index (χ4n) is 5.89. The van der Waals surface area contributed by atoms with E-state index in [1.165, 1.54) is 11.3 Å². The molecule has 6 rings (SSSR count). The van der Waals surface area contributed by atoms with Gasteiger partial charge in [0, 0.05) is 44.1 Å².